The molecule has 82 valence electrons. The SMILES string of the molecule is COCCC12CCC1(CO)CN(I)C2. The molecule has 2 fully saturated rings. The fourth-order valence-electron chi connectivity index (χ4n) is 3.10. The average Bonchev–Trinajstić information content (AvgIpc) is 2.36. The Kier molecular flexibility index (Phi) is 3.08. The Labute approximate surface area is 99.3 Å². The molecule has 14 heavy (non-hydrogen) atoms. The van der Waals surface area contributed by atoms with Crippen molar-refractivity contribution in [3.63, 3.8) is 0 Å². The van der Waals surface area contributed by atoms with E-state index in [0.29, 0.717) is 12.0 Å². The Morgan fingerprint density at radius 2 is 2.00 bits per heavy atom. The molecule has 4 heteroatoms. The molecule has 0 aromatic heterocycles. The monoisotopic (exact) mass is 311 g/mol. The average molecular weight is 311 g/mol. The predicted molar refractivity (Wildman–Crippen MR) is 63.3 cm³/mol. The topological polar surface area (TPSA) is 32.7 Å². The number of hydrogen-bond donors (Lipinski definition) is 1. The molecular weight excluding hydrogens is 293 g/mol. The Bertz CT molecular complexity index is 222. The van der Waals surface area contributed by atoms with E-state index in [9.17, 15) is 5.11 Å². The molecule has 2 atom stereocenters. The van der Waals surface area contributed by atoms with E-state index in [1.807, 2.05) is 0 Å². The molecule has 2 unspecified atom stereocenters. The van der Waals surface area contributed by atoms with E-state index in [1.54, 1.807) is 7.11 Å². The van der Waals surface area contributed by atoms with Gasteiger partial charge in [-0.25, -0.2) is 3.11 Å². The van der Waals surface area contributed by atoms with Crippen LogP contribution in [0.3, 0.4) is 0 Å². The molecule has 0 aromatic rings. The Balaban J connectivity index is 2.09. The minimum atomic E-state index is 0.187. The van der Waals surface area contributed by atoms with Gasteiger partial charge in [0.2, 0.25) is 0 Å². The Hall–Kier alpha value is 0.610. The number of methoxy groups -OCH3 is 1. The molecule has 1 saturated carbocycles. The van der Waals surface area contributed by atoms with Crippen molar-refractivity contribution in [2.24, 2.45) is 10.8 Å². The van der Waals surface area contributed by atoms with E-state index in [2.05, 4.69) is 26.0 Å². The van der Waals surface area contributed by atoms with Gasteiger partial charge in [0.05, 0.1) is 6.61 Å². The maximum atomic E-state index is 9.56. The molecule has 1 aliphatic heterocycles. The van der Waals surface area contributed by atoms with Crippen LogP contribution in [-0.2, 0) is 4.74 Å². The third-order valence-corrected chi connectivity index (χ3v) is 4.93. The minimum absolute atomic E-state index is 0.187. The van der Waals surface area contributed by atoms with Crippen molar-refractivity contribution in [1.29, 1.82) is 0 Å². The van der Waals surface area contributed by atoms with Crippen molar-refractivity contribution >= 4 is 22.9 Å². The lowest BCUT2D eigenvalue weighted by atomic mass is 9.50. The molecule has 0 amide bonds. The zero-order valence-corrected chi connectivity index (χ0v) is 10.8. The maximum Gasteiger partial charge on any atom is 0.0505 e. The number of hydrogen-bond acceptors (Lipinski definition) is 3. The fourth-order valence-corrected chi connectivity index (χ4v) is 4.41. The van der Waals surface area contributed by atoms with Crippen LogP contribution in [0.5, 0.6) is 0 Å². The van der Waals surface area contributed by atoms with Crippen molar-refractivity contribution in [2.75, 3.05) is 33.4 Å². The maximum absolute atomic E-state index is 9.56. The highest BCUT2D eigenvalue weighted by Crippen LogP contribution is 2.63. The summed E-state index contributed by atoms with van der Waals surface area (Å²) in [4.78, 5) is 0. The normalized spacial score (nSPS) is 42.2. The van der Waals surface area contributed by atoms with Gasteiger partial charge in [0.15, 0.2) is 0 Å². The molecule has 0 bridgehead atoms. The smallest absolute Gasteiger partial charge is 0.0505 e. The number of aliphatic hydroxyl groups is 1. The summed E-state index contributed by atoms with van der Waals surface area (Å²) >= 11 is 2.38. The molecule has 0 spiro atoms. The van der Waals surface area contributed by atoms with Crippen LogP contribution in [0.2, 0.25) is 0 Å². The van der Waals surface area contributed by atoms with E-state index in [0.717, 1.165) is 26.1 Å². The van der Waals surface area contributed by atoms with E-state index < -0.39 is 0 Å². The van der Waals surface area contributed by atoms with Crippen LogP contribution in [0, 0.1) is 10.8 Å². The van der Waals surface area contributed by atoms with Gasteiger partial charge in [-0.3, -0.25) is 0 Å². The molecule has 0 aromatic carbocycles. The molecule has 1 heterocycles. The van der Waals surface area contributed by atoms with Crippen LogP contribution in [0.1, 0.15) is 19.3 Å². The van der Waals surface area contributed by atoms with Gasteiger partial charge >= 0.3 is 0 Å². The summed E-state index contributed by atoms with van der Waals surface area (Å²) in [5, 5.41) is 9.56. The fraction of sp³-hybridized carbons (Fsp3) is 1.00. The number of nitrogens with zero attached hydrogens (tertiary/aromatic N) is 1. The largest absolute Gasteiger partial charge is 0.396 e. The lowest BCUT2D eigenvalue weighted by Crippen LogP contribution is -2.53. The van der Waals surface area contributed by atoms with Crippen LogP contribution in [-0.4, -0.2) is 41.6 Å². The second-order valence-corrected chi connectivity index (χ2v) is 6.10. The highest BCUT2D eigenvalue weighted by Gasteiger charge is 2.62. The molecule has 1 aliphatic carbocycles. The molecule has 1 saturated heterocycles. The second-order valence-electron chi connectivity index (χ2n) is 4.74. The van der Waals surface area contributed by atoms with Gasteiger partial charge in [-0.1, -0.05) is 0 Å². The molecule has 2 rings (SSSR count). The van der Waals surface area contributed by atoms with Gasteiger partial charge in [0.1, 0.15) is 0 Å². The van der Waals surface area contributed by atoms with Gasteiger partial charge < -0.3 is 9.84 Å². The van der Waals surface area contributed by atoms with Crippen molar-refractivity contribution in [1.82, 2.24) is 3.11 Å². The van der Waals surface area contributed by atoms with E-state index in [1.165, 1.54) is 12.8 Å². The molecule has 0 radical (unpaired) electrons. The summed E-state index contributed by atoms with van der Waals surface area (Å²) in [5.74, 6) is 0. The summed E-state index contributed by atoms with van der Waals surface area (Å²) < 4.78 is 7.50. The van der Waals surface area contributed by atoms with Crippen LogP contribution in [0.25, 0.3) is 0 Å². The third kappa shape index (κ3) is 1.42. The lowest BCUT2D eigenvalue weighted by Gasteiger charge is -2.54. The standard InChI is InChI=1S/C10H18INO2/c1-14-5-4-9-2-3-10(9,8-13)7-12(11)6-9/h13H,2-8H2,1H3. The first-order valence-electron chi connectivity index (χ1n) is 5.19. The summed E-state index contributed by atoms with van der Waals surface area (Å²) in [7, 11) is 1.76. The van der Waals surface area contributed by atoms with Gasteiger partial charge in [0.25, 0.3) is 0 Å². The Morgan fingerprint density at radius 1 is 1.36 bits per heavy atom. The van der Waals surface area contributed by atoms with Crippen molar-refractivity contribution in [2.45, 2.75) is 19.3 Å². The lowest BCUT2D eigenvalue weighted by molar-refractivity contribution is -0.0865. The van der Waals surface area contributed by atoms with Crippen molar-refractivity contribution in [3.05, 3.63) is 0 Å². The van der Waals surface area contributed by atoms with Crippen molar-refractivity contribution in [3.8, 4) is 0 Å². The van der Waals surface area contributed by atoms with Crippen LogP contribution >= 0.6 is 22.9 Å². The minimum Gasteiger partial charge on any atom is -0.396 e. The highest BCUT2D eigenvalue weighted by atomic mass is 127. The van der Waals surface area contributed by atoms with Gasteiger partial charge in [-0.15, -0.1) is 0 Å². The first-order chi connectivity index (χ1) is 6.68. The zero-order valence-electron chi connectivity index (χ0n) is 8.63. The third-order valence-electron chi connectivity index (χ3n) is 4.24. The van der Waals surface area contributed by atoms with Crippen LogP contribution in [0.4, 0.5) is 0 Å². The number of aliphatic hydroxyl groups excluding tert-OH is 1. The second kappa shape index (κ2) is 3.88. The van der Waals surface area contributed by atoms with Crippen LogP contribution < -0.4 is 0 Å². The number of fused-ring (bicyclic) bond motifs is 1. The molecular formula is C10H18INO2. The van der Waals surface area contributed by atoms with Gasteiger partial charge in [-0.2, -0.15) is 0 Å². The van der Waals surface area contributed by atoms with Crippen LogP contribution in [0.15, 0.2) is 0 Å². The summed E-state index contributed by atoms with van der Waals surface area (Å²) in [6.07, 6.45) is 3.55. The van der Waals surface area contributed by atoms with E-state index in [4.69, 9.17) is 4.74 Å². The first kappa shape index (κ1) is 11.1. The first-order valence-corrected chi connectivity index (χ1v) is 6.15. The van der Waals surface area contributed by atoms with E-state index in [-0.39, 0.29) is 5.41 Å². The van der Waals surface area contributed by atoms with Crippen molar-refractivity contribution < 1.29 is 9.84 Å². The van der Waals surface area contributed by atoms with Gasteiger partial charge in [0, 0.05) is 55.1 Å². The number of halogens is 1. The summed E-state index contributed by atoms with van der Waals surface area (Å²) in [6, 6.07) is 0. The number of ether oxygens (including phenoxy) is 1. The summed E-state index contributed by atoms with van der Waals surface area (Å²) in [5.41, 5.74) is 0.533. The quantitative estimate of drug-likeness (QED) is 0.630. The molecule has 3 nitrogen and oxygen atoms in total. The molecule has 1 N–H and O–H groups in total. The highest BCUT2D eigenvalue weighted by molar-refractivity contribution is 14.1. The van der Waals surface area contributed by atoms with E-state index >= 15 is 0 Å². The molecule has 2 aliphatic rings. The summed E-state index contributed by atoms with van der Waals surface area (Å²) in [6.45, 7) is 3.34. The Morgan fingerprint density at radius 3 is 2.50 bits per heavy atom. The van der Waals surface area contributed by atoms with Gasteiger partial charge in [-0.05, 0) is 24.7 Å². The number of rotatable bonds is 4. The predicted octanol–water partition coefficient (Wildman–Crippen LogP) is 1.45. The zero-order chi connectivity index (χ0) is 10.2.